The molecule has 0 fully saturated rings. The topological polar surface area (TPSA) is 21.3 Å². The Morgan fingerprint density at radius 1 is 1.29 bits per heavy atom. The molecule has 1 rings (SSSR count). The highest BCUT2D eigenvalue weighted by molar-refractivity contribution is 5.41. The molecule has 0 bridgehead atoms. The highest BCUT2D eigenvalue weighted by Gasteiger charge is 2.21. The zero-order valence-electron chi connectivity index (χ0n) is 9.64. The van der Waals surface area contributed by atoms with Crippen molar-refractivity contribution < 1.29 is 4.74 Å². The van der Waals surface area contributed by atoms with Crippen LogP contribution >= 0.6 is 0 Å². The smallest absolute Gasteiger partial charge is 0.124 e. The zero-order valence-corrected chi connectivity index (χ0v) is 9.64. The molecular weight excluding hydrogens is 174 g/mol. The Kier molecular flexibility index (Phi) is 3.17. The third kappa shape index (κ3) is 2.07. The third-order valence-electron chi connectivity index (χ3n) is 2.66. The van der Waals surface area contributed by atoms with E-state index in [0.29, 0.717) is 0 Å². The molecular formula is C12H19NO. The standard InChI is InChI=1S/C12H19NO/c1-9-6-7-10(11(8-9)14-5)12(2,3)13-4/h6-8,13H,1-5H3. The third-order valence-corrected chi connectivity index (χ3v) is 2.66. The van der Waals surface area contributed by atoms with Gasteiger partial charge in [-0.3, -0.25) is 0 Å². The number of ether oxygens (including phenoxy) is 1. The largest absolute Gasteiger partial charge is 0.496 e. The normalized spacial score (nSPS) is 11.5. The highest BCUT2D eigenvalue weighted by atomic mass is 16.5. The Morgan fingerprint density at radius 3 is 2.43 bits per heavy atom. The Morgan fingerprint density at radius 2 is 1.93 bits per heavy atom. The number of benzene rings is 1. The van der Waals surface area contributed by atoms with E-state index in [0.717, 1.165) is 5.75 Å². The van der Waals surface area contributed by atoms with Crippen LogP contribution in [0.3, 0.4) is 0 Å². The lowest BCUT2D eigenvalue weighted by Gasteiger charge is -2.26. The van der Waals surface area contributed by atoms with E-state index in [1.54, 1.807) is 7.11 Å². The van der Waals surface area contributed by atoms with Gasteiger partial charge in [0.15, 0.2) is 0 Å². The molecule has 0 aliphatic carbocycles. The van der Waals surface area contributed by atoms with E-state index in [1.165, 1.54) is 11.1 Å². The summed E-state index contributed by atoms with van der Waals surface area (Å²) in [5.41, 5.74) is 2.35. The molecule has 0 aliphatic rings. The van der Waals surface area contributed by atoms with Crippen molar-refractivity contribution in [3.8, 4) is 5.75 Å². The number of hydrogen-bond acceptors (Lipinski definition) is 2. The average Bonchev–Trinajstić information content (AvgIpc) is 2.17. The van der Waals surface area contributed by atoms with Crippen LogP contribution in [0.15, 0.2) is 18.2 Å². The lowest BCUT2D eigenvalue weighted by atomic mass is 9.93. The van der Waals surface area contributed by atoms with Crippen LogP contribution in [0.4, 0.5) is 0 Å². The summed E-state index contributed by atoms with van der Waals surface area (Å²) in [6.07, 6.45) is 0. The molecule has 2 nitrogen and oxygen atoms in total. The van der Waals surface area contributed by atoms with Crippen LogP contribution in [0.25, 0.3) is 0 Å². The second-order valence-corrected chi connectivity index (χ2v) is 4.08. The fourth-order valence-electron chi connectivity index (χ4n) is 1.45. The quantitative estimate of drug-likeness (QED) is 0.796. The molecule has 1 N–H and O–H groups in total. The molecule has 0 saturated carbocycles. The van der Waals surface area contributed by atoms with Crippen molar-refractivity contribution >= 4 is 0 Å². The van der Waals surface area contributed by atoms with Gasteiger partial charge < -0.3 is 10.1 Å². The van der Waals surface area contributed by atoms with E-state index in [2.05, 4.69) is 44.3 Å². The van der Waals surface area contributed by atoms with Gasteiger partial charge >= 0.3 is 0 Å². The van der Waals surface area contributed by atoms with E-state index >= 15 is 0 Å². The summed E-state index contributed by atoms with van der Waals surface area (Å²) in [7, 11) is 3.67. The van der Waals surface area contributed by atoms with Crippen LogP contribution in [0.5, 0.6) is 5.75 Å². The van der Waals surface area contributed by atoms with Gasteiger partial charge in [0, 0.05) is 11.1 Å². The predicted molar refractivity (Wildman–Crippen MR) is 59.8 cm³/mol. The predicted octanol–water partition coefficient (Wildman–Crippen LogP) is 2.46. The maximum Gasteiger partial charge on any atom is 0.124 e. The van der Waals surface area contributed by atoms with Crippen LogP contribution in [0.2, 0.25) is 0 Å². The van der Waals surface area contributed by atoms with Crippen LogP contribution in [-0.4, -0.2) is 14.2 Å². The first-order valence-corrected chi connectivity index (χ1v) is 4.85. The lowest BCUT2D eigenvalue weighted by Crippen LogP contribution is -2.33. The highest BCUT2D eigenvalue weighted by Crippen LogP contribution is 2.29. The molecule has 0 aromatic heterocycles. The summed E-state index contributed by atoms with van der Waals surface area (Å²) in [6.45, 7) is 6.35. The number of rotatable bonds is 3. The van der Waals surface area contributed by atoms with Crippen molar-refractivity contribution in [2.24, 2.45) is 0 Å². The Labute approximate surface area is 86.3 Å². The Bertz CT molecular complexity index is 318. The lowest BCUT2D eigenvalue weighted by molar-refractivity contribution is 0.375. The Hall–Kier alpha value is -1.02. The SMILES string of the molecule is CNC(C)(C)c1ccc(C)cc1OC. The molecule has 0 radical (unpaired) electrons. The summed E-state index contributed by atoms with van der Waals surface area (Å²) in [5.74, 6) is 0.948. The second kappa shape index (κ2) is 4.01. The van der Waals surface area contributed by atoms with Gasteiger partial charge in [0.2, 0.25) is 0 Å². The van der Waals surface area contributed by atoms with E-state index in [1.807, 2.05) is 7.05 Å². The molecule has 0 heterocycles. The fourth-order valence-corrected chi connectivity index (χ4v) is 1.45. The van der Waals surface area contributed by atoms with E-state index in [4.69, 9.17) is 4.74 Å². The van der Waals surface area contributed by atoms with E-state index < -0.39 is 0 Å². The maximum atomic E-state index is 5.37. The zero-order chi connectivity index (χ0) is 10.8. The Balaban J connectivity index is 3.20. The first kappa shape index (κ1) is 11.1. The monoisotopic (exact) mass is 193 g/mol. The fraction of sp³-hybridized carbons (Fsp3) is 0.500. The molecule has 0 amide bonds. The molecule has 0 atom stereocenters. The van der Waals surface area contributed by atoms with Crippen molar-refractivity contribution in [1.82, 2.24) is 5.32 Å². The van der Waals surface area contributed by atoms with Crippen LogP contribution < -0.4 is 10.1 Å². The minimum atomic E-state index is -0.0565. The number of hydrogen-bond donors (Lipinski definition) is 1. The van der Waals surface area contributed by atoms with Gasteiger partial charge in [-0.1, -0.05) is 12.1 Å². The maximum absolute atomic E-state index is 5.37. The number of aryl methyl sites for hydroxylation is 1. The van der Waals surface area contributed by atoms with Crippen molar-refractivity contribution in [3.05, 3.63) is 29.3 Å². The van der Waals surface area contributed by atoms with Crippen LogP contribution in [0.1, 0.15) is 25.0 Å². The van der Waals surface area contributed by atoms with Gasteiger partial charge in [-0.25, -0.2) is 0 Å². The minimum absolute atomic E-state index is 0.0565. The van der Waals surface area contributed by atoms with E-state index in [9.17, 15) is 0 Å². The minimum Gasteiger partial charge on any atom is -0.496 e. The summed E-state index contributed by atoms with van der Waals surface area (Å²) >= 11 is 0. The summed E-state index contributed by atoms with van der Waals surface area (Å²) in [4.78, 5) is 0. The first-order chi connectivity index (χ1) is 6.51. The summed E-state index contributed by atoms with van der Waals surface area (Å²) in [5, 5.41) is 3.27. The van der Waals surface area contributed by atoms with Gasteiger partial charge in [-0.05, 0) is 39.4 Å². The van der Waals surface area contributed by atoms with Crippen LogP contribution in [0, 0.1) is 6.92 Å². The van der Waals surface area contributed by atoms with Gasteiger partial charge in [0.05, 0.1) is 7.11 Å². The van der Waals surface area contributed by atoms with Crippen molar-refractivity contribution in [2.45, 2.75) is 26.3 Å². The first-order valence-electron chi connectivity index (χ1n) is 4.85. The summed E-state index contributed by atoms with van der Waals surface area (Å²) < 4.78 is 5.37. The van der Waals surface area contributed by atoms with Gasteiger partial charge in [0.25, 0.3) is 0 Å². The number of methoxy groups -OCH3 is 1. The molecule has 0 spiro atoms. The van der Waals surface area contributed by atoms with Crippen molar-refractivity contribution in [3.63, 3.8) is 0 Å². The average molecular weight is 193 g/mol. The van der Waals surface area contributed by atoms with Gasteiger partial charge in [-0.15, -0.1) is 0 Å². The molecule has 78 valence electrons. The molecule has 1 aromatic rings. The van der Waals surface area contributed by atoms with Crippen LogP contribution in [-0.2, 0) is 5.54 Å². The molecule has 1 aromatic carbocycles. The number of nitrogens with one attached hydrogen (secondary N) is 1. The second-order valence-electron chi connectivity index (χ2n) is 4.08. The van der Waals surface area contributed by atoms with Gasteiger partial charge in [0.1, 0.15) is 5.75 Å². The van der Waals surface area contributed by atoms with Gasteiger partial charge in [-0.2, -0.15) is 0 Å². The molecule has 0 unspecified atom stereocenters. The van der Waals surface area contributed by atoms with Crippen molar-refractivity contribution in [1.29, 1.82) is 0 Å². The molecule has 2 heteroatoms. The molecule has 14 heavy (non-hydrogen) atoms. The van der Waals surface area contributed by atoms with E-state index in [-0.39, 0.29) is 5.54 Å². The van der Waals surface area contributed by atoms with Crippen molar-refractivity contribution in [2.75, 3.05) is 14.2 Å². The summed E-state index contributed by atoms with van der Waals surface area (Å²) in [6, 6.07) is 6.29. The molecule has 0 saturated heterocycles. The molecule has 0 aliphatic heterocycles.